The largest absolute Gasteiger partial charge is 0.484 e. The molecule has 0 radical (unpaired) electrons. The summed E-state index contributed by atoms with van der Waals surface area (Å²) in [5.74, 6) is -5.78. The zero-order valence-corrected chi connectivity index (χ0v) is 14.5. The van der Waals surface area contributed by atoms with Crippen molar-refractivity contribution in [1.82, 2.24) is 0 Å². The van der Waals surface area contributed by atoms with Gasteiger partial charge in [0, 0.05) is 3.57 Å². The summed E-state index contributed by atoms with van der Waals surface area (Å²) in [4.78, 5) is 10.2. The van der Waals surface area contributed by atoms with Gasteiger partial charge in [-0.3, -0.25) is 0 Å². The summed E-state index contributed by atoms with van der Waals surface area (Å²) in [6.45, 7) is -1.17. The molecule has 0 saturated carbocycles. The van der Waals surface area contributed by atoms with Crippen LogP contribution in [0.5, 0.6) is 5.75 Å². The van der Waals surface area contributed by atoms with Gasteiger partial charge in [-0.2, -0.15) is 8.78 Å². The Morgan fingerprint density at radius 1 is 1.29 bits per heavy atom. The highest BCUT2D eigenvalue weighted by atomic mass is 127. The number of aliphatic carboxylic acids is 1. The van der Waals surface area contributed by atoms with Crippen LogP contribution in [-0.4, -0.2) is 23.6 Å². The average molecular weight is 580 g/mol. The van der Waals surface area contributed by atoms with Crippen molar-refractivity contribution in [1.29, 1.82) is 0 Å². The monoisotopic (exact) mass is 580 g/mol. The molecule has 0 fully saturated rings. The van der Waals surface area contributed by atoms with Crippen LogP contribution in [0.4, 0.5) is 8.78 Å². The molecule has 0 amide bonds. The standard InChI is InChI=1S/C9H5F2I3O3/c10-9(11,8(15)16)3-17-7-5(13)1-4(12)2-6(7)14/h1-2H,3H2,(H,15,16). The van der Waals surface area contributed by atoms with Crippen LogP contribution in [0.1, 0.15) is 0 Å². The van der Waals surface area contributed by atoms with E-state index >= 15 is 0 Å². The third-order valence-electron chi connectivity index (χ3n) is 1.67. The summed E-state index contributed by atoms with van der Waals surface area (Å²) in [5.41, 5.74) is 0. The number of ether oxygens (including phenoxy) is 1. The molecule has 0 aromatic heterocycles. The lowest BCUT2D eigenvalue weighted by Crippen LogP contribution is -2.35. The third-order valence-corrected chi connectivity index (χ3v) is 3.90. The van der Waals surface area contributed by atoms with E-state index in [0.717, 1.165) is 3.57 Å². The van der Waals surface area contributed by atoms with Crippen LogP contribution < -0.4 is 4.74 Å². The Kier molecular flexibility index (Phi) is 5.62. The van der Waals surface area contributed by atoms with Crippen molar-refractivity contribution in [2.24, 2.45) is 0 Å². The number of carbonyl (C=O) groups is 1. The van der Waals surface area contributed by atoms with Gasteiger partial charge in [0.15, 0.2) is 6.61 Å². The number of hydrogen-bond donors (Lipinski definition) is 1. The van der Waals surface area contributed by atoms with Crippen molar-refractivity contribution in [3.63, 3.8) is 0 Å². The Hall–Kier alpha value is 0.540. The predicted molar refractivity (Wildman–Crippen MR) is 82.7 cm³/mol. The Balaban J connectivity index is 2.87. The van der Waals surface area contributed by atoms with E-state index in [1.165, 1.54) is 0 Å². The van der Waals surface area contributed by atoms with Crippen molar-refractivity contribution in [3.8, 4) is 5.75 Å². The molecule has 0 aliphatic rings. The van der Waals surface area contributed by atoms with E-state index in [4.69, 9.17) is 9.84 Å². The molecule has 0 saturated heterocycles. The summed E-state index contributed by atoms with van der Waals surface area (Å²) >= 11 is 6.00. The molecule has 8 heteroatoms. The second-order valence-corrected chi connectivity index (χ2v) is 6.57. The Morgan fingerprint density at radius 2 is 1.76 bits per heavy atom. The predicted octanol–water partition coefficient (Wildman–Crippen LogP) is 3.60. The molecule has 1 rings (SSSR count). The maximum absolute atomic E-state index is 12.8. The van der Waals surface area contributed by atoms with Gasteiger partial charge in [-0.25, -0.2) is 4.79 Å². The van der Waals surface area contributed by atoms with Crippen molar-refractivity contribution < 1.29 is 23.4 Å². The summed E-state index contributed by atoms with van der Waals surface area (Å²) in [5, 5.41) is 8.27. The first-order valence-electron chi connectivity index (χ1n) is 4.12. The van der Waals surface area contributed by atoms with Crippen LogP contribution in [0.3, 0.4) is 0 Å². The Morgan fingerprint density at radius 3 is 2.18 bits per heavy atom. The molecule has 0 aliphatic heterocycles. The van der Waals surface area contributed by atoms with Gasteiger partial charge in [0.05, 0.1) is 7.14 Å². The molecular weight excluding hydrogens is 575 g/mol. The summed E-state index contributed by atoms with van der Waals surface area (Å²) in [6, 6.07) is 3.52. The van der Waals surface area contributed by atoms with Crippen LogP contribution in [0.15, 0.2) is 12.1 Å². The fourth-order valence-corrected chi connectivity index (χ4v) is 4.79. The summed E-state index contributed by atoms with van der Waals surface area (Å²) in [6.07, 6.45) is 0. The fraction of sp³-hybridized carbons (Fsp3) is 0.222. The smallest absolute Gasteiger partial charge is 0.378 e. The first kappa shape index (κ1) is 15.6. The van der Waals surface area contributed by atoms with E-state index in [1.54, 1.807) is 12.1 Å². The van der Waals surface area contributed by atoms with Gasteiger partial charge < -0.3 is 9.84 Å². The molecule has 1 aromatic carbocycles. The second-order valence-electron chi connectivity index (χ2n) is 3.00. The van der Waals surface area contributed by atoms with Crippen LogP contribution in [0.2, 0.25) is 0 Å². The molecule has 0 bridgehead atoms. The highest BCUT2D eigenvalue weighted by Crippen LogP contribution is 2.30. The minimum atomic E-state index is -3.88. The van der Waals surface area contributed by atoms with Crippen LogP contribution in [0, 0.1) is 10.7 Å². The van der Waals surface area contributed by atoms with Gasteiger partial charge in [-0.05, 0) is 79.9 Å². The molecule has 1 N–H and O–H groups in total. The normalized spacial score (nSPS) is 11.4. The van der Waals surface area contributed by atoms with Crippen molar-refractivity contribution >= 4 is 73.7 Å². The van der Waals surface area contributed by atoms with Gasteiger partial charge in [-0.15, -0.1) is 0 Å². The first-order valence-corrected chi connectivity index (χ1v) is 7.36. The second kappa shape index (κ2) is 6.12. The number of carboxylic acid groups (broad SMARTS) is 1. The molecule has 3 nitrogen and oxygen atoms in total. The number of benzene rings is 1. The number of alkyl halides is 2. The summed E-state index contributed by atoms with van der Waals surface area (Å²) < 4.78 is 32.9. The molecule has 94 valence electrons. The lowest BCUT2D eigenvalue weighted by Gasteiger charge is -2.15. The highest BCUT2D eigenvalue weighted by molar-refractivity contribution is 14.1. The van der Waals surface area contributed by atoms with E-state index < -0.39 is 18.5 Å². The molecule has 1 aromatic rings. The van der Waals surface area contributed by atoms with E-state index in [2.05, 4.69) is 22.6 Å². The molecule has 0 spiro atoms. The van der Waals surface area contributed by atoms with E-state index in [0.29, 0.717) is 7.14 Å². The van der Waals surface area contributed by atoms with Crippen molar-refractivity contribution in [3.05, 3.63) is 22.8 Å². The highest BCUT2D eigenvalue weighted by Gasteiger charge is 2.40. The molecular formula is C9H5F2I3O3. The molecule has 0 atom stereocenters. The third kappa shape index (κ3) is 4.29. The lowest BCUT2D eigenvalue weighted by atomic mass is 10.3. The first-order chi connectivity index (χ1) is 7.74. The Bertz CT molecular complexity index is 428. The van der Waals surface area contributed by atoms with Gasteiger partial charge >= 0.3 is 11.9 Å². The zero-order valence-electron chi connectivity index (χ0n) is 8.02. The number of hydrogen-bond acceptors (Lipinski definition) is 2. The van der Waals surface area contributed by atoms with Crippen molar-refractivity contribution in [2.45, 2.75) is 5.92 Å². The minimum Gasteiger partial charge on any atom is -0.484 e. The van der Waals surface area contributed by atoms with E-state index in [-0.39, 0.29) is 5.75 Å². The fourth-order valence-electron chi connectivity index (χ4n) is 0.891. The van der Waals surface area contributed by atoms with Gasteiger partial charge in [0.25, 0.3) is 0 Å². The van der Waals surface area contributed by atoms with E-state index in [1.807, 2.05) is 45.2 Å². The molecule has 0 aliphatic carbocycles. The topological polar surface area (TPSA) is 46.5 Å². The number of halogens is 5. The van der Waals surface area contributed by atoms with Crippen LogP contribution in [-0.2, 0) is 4.79 Å². The van der Waals surface area contributed by atoms with E-state index in [9.17, 15) is 13.6 Å². The molecule has 0 unspecified atom stereocenters. The number of carboxylic acids is 1. The summed E-state index contributed by atoms with van der Waals surface area (Å²) in [7, 11) is 0. The molecule has 0 heterocycles. The van der Waals surface area contributed by atoms with Gasteiger partial charge in [0.2, 0.25) is 0 Å². The Labute approximate surface area is 137 Å². The van der Waals surface area contributed by atoms with Crippen LogP contribution >= 0.6 is 67.8 Å². The minimum absolute atomic E-state index is 0.285. The van der Waals surface area contributed by atoms with Gasteiger partial charge in [0.1, 0.15) is 5.75 Å². The maximum atomic E-state index is 12.8. The van der Waals surface area contributed by atoms with Gasteiger partial charge in [-0.1, -0.05) is 0 Å². The zero-order chi connectivity index (χ0) is 13.2. The lowest BCUT2D eigenvalue weighted by molar-refractivity contribution is -0.168. The number of rotatable bonds is 4. The quantitative estimate of drug-likeness (QED) is 0.555. The average Bonchev–Trinajstić information content (AvgIpc) is 2.15. The van der Waals surface area contributed by atoms with Crippen molar-refractivity contribution in [2.75, 3.05) is 6.61 Å². The van der Waals surface area contributed by atoms with Crippen LogP contribution in [0.25, 0.3) is 0 Å². The maximum Gasteiger partial charge on any atom is 0.378 e. The molecule has 17 heavy (non-hydrogen) atoms. The SMILES string of the molecule is O=C(O)C(F)(F)COc1c(I)cc(I)cc1I.